The van der Waals surface area contributed by atoms with Crippen molar-refractivity contribution in [3.63, 3.8) is 0 Å². The molecule has 1 unspecified atom stereocenters. The van der Waals surface area contributed by atoms with E-state index < -0.39 is 0 Å². The van der Waals surface area contributed by atoms with Gasteiger partial charge in [-0.1, -0.05) is 19.3 Å². The fourth-order valence-corrected chi connectivity index (χ4v) is 3.96. The molecular formula is C18H27NO2. The van der Waals surface area contributed by atoms with Gasteiger partial charge >= 0.3 is 0 Å². The molecule has 0 bridgehead atoms. The fraction of sp³-hybridized carbons (Fsp3) is 0.667. The number of rotatable bonds is 3. The van der Waals surface area contributed by atoms with Crippen LogP contribution < -0.4 is 10.5 Å². The highest BCUT2D eigenvalue weighted by Crippen LogP contribution is 2.42. The molecule has 0 radical (unpaired) electrons. The van der Waals surface area contributed by atoms with Crippen molar-refractivity contribution >= 4 is 5.69 Å². The molecule has 0 aromatic heterocycles. The maximum atomic E-state index is 6.37. The highest BCUT2D eigenvalue weighted by atomic mass is 16.6. The Kier molecular flexibility index (Phi) is 4.12. The first-order chi connectivity index (χ1) is 10.1. The molecule has 3 heteroatoms. The Morgan fingerprint density at radius 1 is 1.14 bits per heavy atom. The van der Waals surface area contributed by atoms with Crippen LogP contribution in [0.3, 0.4) is 0 Å². The molecule has 1 heterocycles. The monoisotopic (exact) mass is 289 g/mol. The molecule has 1 saturated carbocycles. The van der Waals surface area contributed by atoms with Gasteiger partial charge in [-0.2, -0.15) is 0 Å². The average Bonchev–Trinajstić information content (AvgIpc) is 2.81. The predicted octanol–water partition coefficient (Wildman–Crippen LogP) is 4.15. The second-order valence-corrected chi connectivity index (χ2v) is 6.82. The second kappa shape index (κ2) is 5.88. The molecule has 1 saturated heterocycles. The van der Waals surface area contributed by atoms with Gasteiger partial charge in [-0.25, -0.2) is 0 Å². The summed E-state index contributed by atoms with van der Waals surface area (Å²) in [6, 6.07) is 3.95. The summed E-state index contributed by atoms with van der Waals surface area (Å²) in [7, 11) is 0. The quantitative estimate of drug-likeness (QED) is 0.850. The number of hydrogen-bond donors (Lipinski definition) is 1. The molecule has 2 fully saturated rings. The lowest BCUT2D eigenvalue weighted by Gasteiger charge is -2.33. The molecule has 1 aromatic rings. The van der Waals surface area contributed by atoms with Crippen LogP contribution in [0.2, 0.25) is 0 Å². The molecule has 3 rings (SSSR count). The topological polar surface area (TPSA) is 44.5 Å². The Balaban J connectivity index is 1.59. The Bertz CT molecular complexity index is 483. The first-order valence-electron chi connectivity index (χ1n) is 8.25. The molecule has 1 spiro atoms. The minimum atomic E-state index is 0.178. The summed E-state index contributed by atoms with van der Waals surface area (Å²) in [6.45, 7) is 4.76. The van der Waals surface area contributed by atoms with Crippen molar-refractivity contribution in [2.24, 2.45) is 0 Å². The van der Waals surface area contributed by atoms with E-state index in [0.29, 0.717) is 6.61 Å². The third kappa shape index (κ3) is 3.18. The van der Waals surface area contributed by atoms with Crippen LogP contribution in [0.15, 0.2) is 12.1 Å². The minimum absolute atomic E-state index is 0.178. The van der Waals surface area contributed by atoms with Gasteiger partial charge < -0.3 is 15.2 Å². The fourth-order valence-electron chi connectivity index (χ4n) is 3.96. The Morgan fingerprint density at radius 3 is 2.48 bits per heavy atom. The molecule has 0 amide bonds. The molecule has 21 heavy (non-hydrogen) atoms. The Hall–Kier alpha value is -1.22. The molecule has 1 atom stereocenters. The van der Waals surface area contributed by atoms with Crippen molar-refractivity contribution in [1.29, 1.82) is 0 Å². The van der Waals surface area contributed by atoms with Crippen LogP contribution in [0, 0.1) is 13.8 Å². The number of ether oxygens (including phenoxy) is 2. The van der Waals surface area contributed by atoms with Crippen LogP contribution in [0.25, 0.3) is 0 Å². The first-order valence-corrected chi connectivity index (χ1v) is 8.25. The van der Waals surface area contributed by atoms with Gasteiger partial charge in [-0.3, -0.25) is 0 Å². The van der Waals surface area contributed by atoms with Crippen LogP contribution in [-0.2, 0) is 4.74 Å². The summed E-state index contributed by atoms with van der Waals surface area (Å²) in [5.41, 5.74) is 9.06. The second-order valence-electron chi connectivity index (χ2n) is 6.82. The summed E-state index contributed by atoms with van der Waals surface area (Å²) in [4.78, 5) is 0. The van der Waals surface area contributed by atoms with Crippen LogP contribution in [0.1, 0.15) is 56.1 Å². The van der Waals surface area contributed by atoms with E-state index in [0.717, 1.165) is 29.0 Å². The number of benzene rings is 1. The van der Waals surface area contributed by atoms with Gasteiger partial charge in [0.1, 0.15) is 12.4 Å². The Morgan fingerprint density at radius 2 is 1.81 bits per heavy atom. The maximum absolute atomic E-state index is 6.37. The third-order valence-electron chi connectivity index (χ3n) is 5.00. The van der Waals surface area contributed by atoms with Crippen molar-refractivity contribution in [3.8, 4) is 5.75 Å². The average molecular weight is 289 g/mol. The van der Waals surface area contributed by atoms with Gasteiger partial charge in [0.05, 0.1) is 11.7 Å². The van der Waals surface area contributed by atoms with Crippen LogP contribution in [0.5, 0.6) is 5.75 Å². The summed E-state index contributed by atoms with van der Waals surface area (Å²) >= 11 is 0. The zero-order valence-electron chi connectivity index (χ0n) is 13.3. The van der Waals surface area contributed by atoms with Crippen molar-refractivity contribution in [2.45, 2.75) is 70.5 Å². The van der Waals surface area contributed by atoms with Gasteiger partial charge in [0, 0.05) is 5.69 Å². The van der Waals surface area contributed by atoms with E-state index in [1.807, 2.05) is 12.1 Å². The van der Waals surface area contributed by atoms with E-state index in [1.54, 1.807) is 0 Å². The smallest absolute Gasteiger partial charge is 0.125 e. The van der Waals surface area contributed by atoms with Crippen LogP contribution in [-0.4, -0.2) is 18.3 Å². The number of aryl methyl sites for hydroxylation is 2. The van der Waals surface area contributed by atoms with E-state index in [2.05, 4.69) is 13.8 Å². The SMILES string of the molecule is Cc1cc(N)cc(C)c1OCC1CCC2(CCCCC2)O1. The molecule has 1 aliphatic carbocycles. The molecule has 1 aromatic carbocycles. The lowest BCUT2D eigenvalue weighted by atomic mass is 9.83. The van der Waals surface area contributed by atoms with Crippen LogP contribution >= 0.6 is 0 Å². The van der Waals surface area contributed by atoms with E-state index in [4.69, 9.17) is 15.2 Å². The lowest BCUT2D eigenvalue weighted by molar-refractivity contribution is -0.0749. The largest absolute Gasteiger partial charge is 0.490 e. The van der Waals surface area contributed by atoms with Gasteiger partial charge in [-0.05, 0) is 62.8 Å². The maximum Gasteiger partial charge on any atom is 0.125 e. The standard InChI is InChI=1S/C18H27NO2/c1-13-10-15(19)11-14(2)17(13)20-12-16-6-9-18(21-16)7-4-3-5-8-18/h10-11,16H,3-9,12,19H2,1-2H3. The van der Waals surface area contributed by atoms with Gasteiger partial charge in [-0.15, -0.1) is 0 Å². The Labute approximate surface area is 127 Å². The zero-order chi connectivity index (χ0) is 14.9. The molecule has 116 valence electrons. The normalized spacial score (nSPS) is 24.4. The van der Waals surface area contributed by atoms with Crippen molar-refractivity contribution in [1.82, 2.24) is 0 Å². The zero-order valence-corrected chi connectivity index (χ0v) is 13.3. The lowest BCUT2D eigenvalue weighted by Crippen LogP contribution is -2.33. The van der Waals surface area contributed by atoms with E-state index in [1.165, 1.54) is 38.5 Å². The van der Waals surface area contributed by atoms with Gasteiger partial charge in [0.25, 0.3) is 0 Å². The number of anilines is 1. The molecule has 2 aliphatic rings. The van der Waals surface area contributed by atoms with Crippen molar-refractivity contribution in [2.75, 3.05) is 12.3 Å². The summed E-state index contributed by atoms with van der Waals surface area (Å²) in [6.07, 6.45) is 9.09. The highest BCUT2D eigenvalue weighted by molar-refractivity contribution is 5.52. The number of nitrogens with two attached hydrogens (primary N) is 1. The minimum Gasteiger partial charge on any atom is -0.490 e. The van der Waals surface area contributed by atoms with E-state index >= 15 is 0 Å². The molecule has 1 aliphatic heterocycles. The van der Waals surface area contributed by atoms with Gasteiger partial charge in [0.15, 0.2) is 0 Å². The summed E-state index contributed by atoms with van der Waals surface area (Å²) < 4.78 is 12.4. The van der Waals surface area contributed by atoms with Crippen molar-refractivity contribution < 1.29 is 9.47 Å². The van der Waals surface area contributed by atoms with E-state index in [9.17, 15) is 0 Å². The molecular weight excluding hydrogens is 262 g/mol. The number of hydrogen-bond acceptors (Lipinski definition) is 3. The van der Waals surface area contributed by atoms with Gasteiger partial charge in [0.2, 0.25) is 0 Å². The highest BCUT2D eigenvalue weighted by Gasteiger charge is 2.40. The molecule has 2 N–H and O–H groups in total. The summed E-state index contributed by atoms with van der Waals surface area (Å²) in [5.74, 6) is 0.970. The predicted molar refractivity (Wildman–Crippen MR) is 85.7 cm³/mol. The molecule has 3 nitrogen and oxygen atoms in total. The third-order valence-corrected chi connectivity index (χ3v) is 5.00. The van der Waals surface area contributed by atoms with Crippen LogP contribution in [0.4, 0.5) is 5.69 Å². The number of nitrogen functional groups attached to an aromatic ring is 1. The first kappa shape index (κ1) is 14.7. The van der Waals surface area contributed by atoms with Crippen molar-refractivity contribution in [3.05, 3.63) is 23.3 Å². The summed E-state index contributed by atoms with van der Waals surface area (Å²) in [5, 5.41) is 0. The van der Waals surface area contributed by atoms with E-state index in [-0.39, 0.29) is 11.7 Å².